The third-order valence-electron chi connectivity index (χ3n) is 4.67. The van der Waals surface area contributed by atoms with Gasteiger partial charge in [-0.2, -0.15) is 11.3 Å². The molecule has 5 rings (SSSR count). The maximum absolute atomic E-state index is 5.04. The molecule has 1 aliphatic rings. The first-order valence-electron chi connectivity index (χ1n) is 8.10. The fraction of sp³-hybridized carbons (Fsp3) is 0.0455. The molecule has 0 N–H and O–H groups in total. The summed E-state index contributed by atoms with van der Waals surface area (Å²) < 4.78 is 0. The summed E-state index contributed by atoms with van der Waals surface area (Å²) in [6.07, 6.45) is 0.971. The predicted molar refractivity (Wildman–Crippen MR) is 101 cm³/mol. The zero-order valence-electron chi connectivity index (χ0n) is 13.1. The molecule has 4 aromatic rings. The Labute approximate surface area is 145 Å². The van der Waals surface area contributed by atoms with E-state index in [0.29, 0.717) is 0 Å². The number of nitrogens with zero attached hydrogens (tertiary/aromatic N) is 1. The Balaban J connectivity index is 1.80. The minimum absolute atomic E-state index is 0.971. The third-order valence-corrected chi connectivity index (χ3v) is 5.35. The molecule has 0 unspecified atom stereocenters. The molecule has 0 aliphatic heterocycles. The van der Waals surface area contributed by atoms with Gasteiger partial charge in [0, 0.05) is 17.5 Å². The summed E-state index contributed by atoms with van der Waals surface area (Å²) in [6.45, 7) is 0. The van der Waals surface area contributed by atoms with Crippen molar-refractivity contribution < 1.29 is 0 Å². The monoisotopic (exact) mass is 325 g/mol. The van der Waals surface area contributed by atoms with Crippen LogP contribution in [0.5, 0.6) is 0 Å². The van der Waals surface area contributed by atoms with Crippen molar-refractivity contribution in [3.63, 3.8) is 0 Å². The summed E-state index contributed by atoms with van der Waals surface area (Å²) in [6, 6.07) is 23.6. The average Bonchev–Trinajstić information content (AvgIpc) is 3.29. The second-order valence-electron chi connectivity index (χ2n) is 6.09. The number of rotatable bonds is 2. The second kappa shape index (κ2) is 5.43. The first-order valence-corrected chi connectivity index (χ1v) is 9.04. The van der Waals surface area contributed by atoms with Crippen LogP contribution in [0.2, 0.25) is 0 Å². The van der Waals surface area contributed by atoms with Gasteiger partial charge < -0.3 is 0 Å². The van der Waals surface area contributed by atoms with Crippen LogP contribution < -0.4 is 0 Å². The van der Waals surface area contributed by atoms with Gasteiger partial charge in [0.15, 0.2) is 0 Å². The van der Waals surface area contributed by atoms with Crippen LogP contribution in [0.4, 0.5) is 0 Å². The highest BCUT2D eigenvalue weighted by atomic mass is 32.1. The van der Waals surface area contributed by atoms with Crippen LogP contribution in [0.3, 0.4) is 0 Å². The summed E-state index contributed by atoms with van der Waals surface area (Å²) in [4.78, 5) is 5.04. The van der Waals surface area contributed by atoms with Gasteiger partial charge in [-0.05, 0) is 45.1 Å². The van der Waals surface area contributed by atoms with Crippen molar-refractivity contribution in [1.82, 2.24) is 4.98 Å². The lowest BCUT2D eigenvalue weighted by Crippen LogP contribution is -1.93. The Morgan fingerprint density at radius 1 is 0.792 bits per heavy atom. The molecule has 0 saturated carbocycles. The largest absolute Gasteiger partial charge is 0.247 e. The second-order valence-corrected chi connectivity index (χ2v) is 6.87. The molecule has 1 nitrogen and oxygen atoms in total. The highest BCUT2D eigenvalue weighted by molar-refractivity contribution is 7.08. The number of hydrogen-bond donors (Lipinski definition) is 0. The molecular weight excluding hydrogens is 310 g/mol. The van der Waals surface area contributed by atoms with Gasteiger partial charge in [-0.25, -0.2) is 4.98 Å². The van der Waals surface area contributed by atoms with Crippen LogP contribution in [0.15, 0.2) is 77.5 Å². The molecule has 0 spiro atoms. The summed E-state index contributed by atoms with van der Waals surface area (Å²) in [5.74, 6) is 0. The van der Waals surface area contributed by atoms with Crippen LogP contribution in [0.25, 0.3) is 33.6 Å². The molecule has 0 saturated heterocycles. The molecule has 1 aliphatic carbocycles. The van der Waals surface area contributed by atoms with Crippen molar-refractivity contribution >= 4 is 11.3 Å². The van der Waals surface area contributed by atoms with E-state index in [9.17, 15) is 0 Å². The molecular formula is C22H15NS. The SMILES string of the molecule is c1ccc(-c2cc(-c3ccsc3)c3c(n2)-c2ccccc2C3)cc1. The molecule has 2 aromatic carbocycles. The minimum atomic E-state index is 0.971. The Bertz CT molecular complexity index is 1020. The van der Waals surface area contributed by atoms with Crippen LogP contribution >= 0.6 is 11.3 Å². The zero-order chi connectivity index (χ0) is 15.9. The fourth-order valence-electron chi connectivity index (χ4n) is 3.50. The summed E-state index contributed by atoms with van der Waals surface area (Å²) in [7, 11) is 0. The predicted octanol–water partition coefficient (Wildman–Crippen LogP) is 6.05. The molecule has 0 atom stereocenters. The van der Waals surface area contributed by atoms with Gasteiger partial charge >= 0.3 is 0 Å². The number of benzene rings is 2. The minimum Gasteiger partial charge on any atom is -0.247 e. The fourth-order valence-corrected chi connectivity index (χ4v) is 4.16. The molecule has 0 bridgehead atoms. The number of aromatic nitrogens is 1. The maximum atomic E-state index is 5.04. The Hall–Kier alpha value is -2.71. The normalized spacial score (nSPS) is 12.0. The Morgan fingerprint density at radius 3 is 2.46 bits per heavy atom. The van der Waals surface area contributed by atoms with E-state index in [-0.39, 0.29) is 0 Å². The Kier molecular flexibility index (Phi) is 3.10. The van der Waals surface area contributed by atoms with E-state index in [0.717, 1.165) is 17.8 Å². The summed E-state index contributed by atoms with van der Waals surface area (Å²) in [5.41, 5.74) is 9.99. The summed E-state index contributed by atoms with van der Waals surface area (Å²) in [5, 5.41) is 4.37. The van der Waals surface area contributed by atoms with Crippen LogP contribution in [0.1, 0.15) is 11.1 Å². The van der Waals surface area contributed by atoms with Crippen molar-refractivity contribution in [2.45, 2.75) is 6.42 Å². The lowest BCUT2D eigenvalue weighted by Gasteiger charge is -2.11. The third kappa shape index (κ3) is 2.11. The smallest absolute Gasteiger partial charge is 0.0753 e. The van der Waals surface area contributed by atoms with E-state index in [4.69, 9.17) is 4.98 Å². The summed E-state index contributed by atoms with van der Waals surface area (Å²) >= 11 is 1.75. The van der Waals surface area contributed by atoms with Gasteiger partial charge in [0.05, 0.1) is 11.4 Å². The molecule has 24 heavy (non-hydrogen) atoms. The van der Waals surface area contributed by atoms with Gasteiger partial charge in [-0.15, -0.1) is 0 Å². The van der Waals surface area contributed by atoms with Crippen molar-refractivity contribution in [2.75, 3.05) is 0 Å². The number of pyridine rings is 1. The van der Waals surface area contributed by atoms with E-state index < -0.39 is 0 Å². The molecule has 2 heteroatoms. The molecule has 0 fully saturated rings. The van der Waals surface area contributed by atoms with Crippen LogP contribution in [-0.4, -0.2) is 4.98 Å². The lowest BCUT2D eigenvalue weighted by molar-refractivity contribution is 1.23. The number of thiophene rings is 1. The van der Waals surface area contributed by atoms with Crippen LogP contribution in [-0.2, 0) is 6.42 Å². The molecule has 0 radical (unpaired) electrons. The highest BCUT2D eigenvalue weighted by Gasteiger charge is 2.24. The number of hydrogen-bond acceptors (Lipinski definition) is 2. The first-order chi connectivity index (χ1) is 11.9. The number of fused-ring (bicyclic) bond motifs is 3. The molecule has 114 valence electrons. The molecule has 2 aromatic heterocycles. The van der Waals surface area contributed by atoms with E-state index in [2.05, 4.69) is 71.4 Å². The van der Waals surface area contributed by atoms with Crippen molar-refractivity contribution in [3.05, 3.63) is 88.6 Å². The van der Waals surface area contributed by atoms with Gasteiger partial charge in [0.2, 0.25) is 0 Å². The quantitative estimate of drug-likeness (QED) is 0.385. The molecule has 2 heterocycles. The van der Waals surface area contributed by atoms with Crippen molar-refractivity contribution in [2.24, 2.45) is 0 Å². The highest BCUT2D eigenvalue weighted by Crippen LogP contribution is 2.42. The van der Waals surface area contributed by atoms with Gasteiger partial charge in [0.1, 0.15) is 0 Å². The van der Waals surface area contributed by atoms with E-state index in [1.165, 1.54) is 33.4 Å². The van der Waals surface area contributed by atoms with Gasteiger partial charge in [-0.1, -0.05) is 54.6 Å². The van der Waals surface area contributed by atoms with Gasteiger partial charge in [-0.3, -0.25) is 0 Å². The Morgan fingerprint density at radius 2 is 1.62 bits per heavy atom. The zero-order valence-corrected chi connectivity index (χ0v) is 13.9. The van der Waals surface area contributed by atoms with Crippen LogP contribution in [0, 0.1) is 0 Å². The maximum Gasteiger partial charge on any atom is 0.0753 e. The van der Waals surface area contributed by atoms with Crippen molar-refractivity contribution in [3.8, 4) is 33.6 Å². The topological polar surface area (TPSA) is 12.9 Å². The first kappa shape index (κ1) is 13.7. The van der Waals surface area contributed by atoms with E-state index in [1.54, 1.807) is 11.3 Å². The standard InChI is InChI=1S/C22H15NS/c1-2-6-15(7-3-1)21-13-19(17-10-11-24-14-17)20-12-16-8-4-5-9-18(16)22(20)23-21/h1-11,13-14H,12H2. The van der Waals surface area contributed by atoms with Gasteiger partial charge in [0.25, 0.3) is 0 Å². The molecule has 0 amide bonds. The van der Waals surface area contributed by atoms with E-state index in [1.807, 2.05) is 6.07 Å². The van der Waals surface area contributed by atoms with E-state index >= 15 is 0 Å². The average molecular weight is 325 g/mol. The lowest BCUT2D eigenvalue weighted by atomic mass is 9.98. The van der Waals surface area contributed by atoms with Crippen molar-refractivity contribution in [1.29, 1.82) is 0 Å².